The van der Waals surface area contributed by atoms with Gasteiger partial charge in [0.05, 0.1) is 41.4 Å². The first-order chi connectivity index (χ1) is 16.1. The van der Waals surface area contributed by atoms with Crippen LogP contribution < -0.4 is 9.21 Å². The van der Waals surface area contributed by atoms with E-state index in [0.717, 1.165) is 67.0 Å². The molecule has 0 amide bonds. The molecule has 3 heterocycles. The minimum Gasteiger partial charge on any atom is -0.378 e. The zero-order valence-electron chi connectivity index (χ0n) is 18.4. The number of fused-ring (bicyclic) bond motifs is 1. The minimum absolute atomic E-state index is 0.203. The maximum absolute atomic E-state index is 12.3. The number of benzene rings is 2. The molecule has 7 nitrogen and oxygen atoms in total. The van der Waals surface area contributed by atoms with Gasteiger partial charge in [-0.25, -0.2) is 8.42 Å². The lowest BCUT2D eigenvalue weighted by molar-refractivity contribution is 0.122. The monoisotopic (exact) mass is 462 g/mol. The number of hydrogen-bond donors (Lipinski definition) is 0. The summed E-state index contributed by atoms with van der Waals surface area (Å²) in [6, 6.07) is 16.9. The van der Waals surface area contributed by atoms with Crippen molar-refractivity contribution in [1.82, 2.24) is 4.57 Å². The molecule has 0 bridgehead atoms. The molecule has 0 unspecified atom stereocenters. The maximum atomic E-state index is 12.3. The summed E-state index contributed by atoms with van der Waals surface area (Å²) in [6.07, 6.45) is 2.87. The fraction of sp³-hybridized carbons (Fsp3) is 0.400. The molecule has 0 N–H and O–H groups in total. The Morgan fingerprint density at radius 3 is 2.33 bits per heavy atom. The van der Waals surface area contributed by atoms with Crippen LogP contribution in [0, 0.1) is 11.3 Å². The van der Waals surface area contributed by atoms with Gasteiger partial charge in [0.1, 0.15) is 6.07 Å². The predicted octanol–water partition coefficient (Wildman–Crippen LogP) is 3.89. The molecule has 170 valence electrons. The highest BCUT2D eigenvalue weighted by Crippen LogP contribution is 2.45. The normalized spacial score (nSPS) is 20.3. The molecule has 3 aliphatic rings. The van der Waals surface area contributed by atoms with E-state index >= 15 is 0 Å². The van der Waals surface area contributed by atoms with Crippen LogP contribution in [0.4, 0.5) is 11.4 Å². The van der Waals surface area contributed by atoms with E-state index < -0.39 is 10.0 Å². The standard InChI is InChI=1S/C25H26N4O3S/c26-17-23-22-9-8-21(27-11-13-32-14-12-27)16-24(22)29(20-6-7-20)25(23)18-2-4-19(5-3-18)28-10-1-15-33(28,30)31/h2-5,8-9,16,20H,1,6-7,10-15H2. The van der Waals surface area contributed by atoms with Crippen molar-refractivity contribution in [3.05, 3.63) is 48.0 Å². The van der Waals surface area contributed by atoms with Gasteiger partial charge in [-0.1, -0.05) is 12.1 Å². The summed E-state index contributed by atoms with van der Waals surface area (Å²) in [7, 11) is -3.22. The highest BCUT2D eigenvalue weighted by molar-refractivity contribution is 7.93. The van der Waals surface area contributed by atoms with Crippen molar-refractivity contribution in [2.45, 2.75) is 25.3 Å². The molecule has 3 fully saturated rings. The quantitative estimate of drug-likeness (QED) is 0.588. The summed E-state index contributed by atoms with van der Waals surface area (Å²) in [4.78, 5) is 2.34. The van der Waals surface area contributed by atoms with E-state index in [1.54, 1.807) is 0 Å². The maximum Gasteiger partial charge on any atom is 0.235 e. The smallest absolute Gasteiger partial charge is 0.235 e. The lowest BCUT2D eigenvalue weighted by Crippen LogP contribution is -2.36. The van der Waals surface area contributed by atoms with Crippen molar-refractivity contribution in [2.24, 2.45) is 0 Å². The Balaban J connectivity index is 1.46. The Kier molecular flexibility index (Phi) is 4.86. The van der Waals surface area contributed by atoms with Crippen LogP contribution in [-0.2, 0) is 14.8 Å². The Morgan fingerprint density at radius 2 is 1.70 bits per heavy atom. The highest BCUT2D eigenvalue weighted by Gasteiger charge is 2.32. The molecule has 2 saturated heterocycles. The third kappa shape index (κ3) is 3.47. The molecule has 2 aliphatic heterocycles. The number of aromatic nitrogens is 1. The average molecular weight is 463 g/mol. The van der Waals surface area contributed by atoms with E-state index in [4.69, 9.17) is 4.74 Å². The number of nitriles is 1. The number of morpholine rings is 1. The van der Waals surface area contributed by atoms with Gasteiger partial charge in [0.25, 0.3) is 0 Å². The summed E-state index contributed by atoms with van der Waals surface area (Å²) in [5.74, 6) is 0.203. The van der Waals surface area contributed by atoms with E-state index in [9.17, 15) is 13.7 Å². The zero-order chi connectivity index (χ0) is 22.6. The van der Waals surface area contributed by atoms with Crippen LogP contribution in [0.3, 0.4) is 0 Å². The van der Waals surface area contributed by atoms with Crippen molar-refractivity contribution in [3.8, 4) is 17.3 Å². The first-order valence-electron chi connectivity index (χ1n) is 11.6. The van der Waals surface area contributed by atoms with Crippen LogP contribution in [0.5, 0.6) is 0 Å². The molecule has 1 aliphatic carbocycles. The molecule has 1 aromatic heterocycles. The molecular formula is C25H26N4O3S. The molecule has 3 aromatic rings. The first kappa shape index (κ1) is 20.6. The fourth-order valence-electron chi connectivity index (χ4n) is 5.14. The van der Waals surface area contributed by atoms with Gasteiger partial charge < -0.3 is 14.2 Å². The Labute approximate surface area is 193 Å². The Bertz CT molecular complexity index is 1360. The van der Waals surface area contributed by atoms with Crippen molar-refractivity contribution < 1.29 is 13.2 Å². The Hall–Kier alpha value is -3.02. The number of anilines is 2. The van der Waals surface area contributed by atoms with Crippen molar-refractivity contribution in [3.63, 3.8) is 0 Å². The third-order valence-corrected chi connectivity index (χ3v) is 8.79. The molecule has 8 heteroatoms. The SMILES string of the molecule is N#Cc1c(-c2ccc(N3CCCS3(=O)=O)cc2)n(C2CC2)c2cc(N3CCOCC3)ccc12. The fourth-order valence-corrected chi connectivity index (χ4v) is 6.71. The van der Waals surface area contributed by atoms with Crippen molar-refractivity contribution >= 4 is 32.3 Å². The van der Waals surface area contributed by atoms with Gasteiger partial charge in [0.15, 0.2) is 0 Å². The van der Waals surface area contributed by atoms with Gasteiger partial charge >= 0.3 is 0 Å². The van der Waals surface area contributed by atoms with Gasteiger partial charge in [-0.2, -0.15) is 5.26 Å². The second-order valence-corrected chi connectivity index (χ2v) is 11.0. The van der Waals surface area contributed by atoms with Gasteiger partial charge in [-0.3, -0.25) is 4.31 Å². The van der Waals surface area contributed by atoms with E-state index in [1.807, 2.05) is 24.3 Å². The number of ether oxygens (including phenoxy) is 1. The molecule has 2 aromatic carbocycles. The largest absolute Gasteiger partial charge is 0.378 e. The van der Waals surface area contributed by atoms with Crippen LogP contribution in [0.25, 0.3) is 22.2 Å². The lowest BCUT2D eigenvalue weighted by atomic mass is 10.1. The summed E-state index contributed by atoms with van der Waals surface area (Å²) in [6.45, 7) is 3.73. The van der Waals surface area contributed by atoms with Gasteiger partial charge in [0, 0.05) is 36.7 Å². The molecule has 0 atom stereocenters. The Morgan fingerprint density at radius 1 is 0.970 bits per heavy atom. The number of rotatable bonds is 4. The predicted molar refractivity (Wildman–Crippen MR) is 129 cm³/mol. The summed E-state index contributed by atoms with van der Waals surface area (Å²) in [5.41, 5.74) is 5.52. The lowest BCUT2D eigenvalue weighted by Gasteiger charge is -2.29. The van der Waals surface area contributed by atoms with Gasteiger partial charge in [0.2, 0.25) is 10.0 Å². The average Bonchev–Trinajstić information content (AvgIpc) is 3.54. The molecule has 0 radical (unpaired) electrons. The first-order valence-corrected chi connectivity index (χ1v) is 13.2. The number of nitrogens with zero attached hydrogens (tertiary/aromatic N) is 4. The van der Waals surface area contributed by atoms with Gasteiger partial charge in [-0.05, 0) is 55.2 Å². The summed E-state index contributed by atoms with van der Waals surface area (Å²) in [5, 5.41) is 11.1. The molecule has 0 spiro atoms. The summed E-state index contributed by atoms with van der Waals surface area (Å²) >= 11 is 0. The molecule has 6 rings (SSSR count). The van der Waals surface area contributed by atoms with E-state index in [2.05, 4.69) is 33.7 Å². The second kappa shape index (κ2) is 7.79. The van der Waals surface area contributed by atoms with Crippen LogP contribution in [-0.4, -0.2) is 51.6 Å². The van der Waals surface area contributed by atoms with Crippen LogP contribution in [0.1, 0.15) is 30.9 Å². The molecule has 1 saturated carbocycles. The van der Waals surface area contributed by atoms with E-state index in [-0.39, 0.29) is 5.75 Å². The number of sulfonamides is 1. The van der Waals surface area contributed by atoms with Crippen LogP contribution in [0.15, 0.2) is 42.5 Å². The van der Waals surface area contributed by atoms with Crippen LogP contribution >= 0.6 is 0 Å². The molecule has 33 heavy (non-hydrogen) atoms. The van der Waals surface area contributed by atoms with E-state index in [0.29, 0.717) is 30.3 Å². The third-order valence-electron chi connectivity index (χ3n) is 6.92. The zero-order valence-corrected chi connectivity index (χ0v) is 19.2. The molecular weight excluding hydrogens is 436 g/mol. The second-order valence-electron chi connectivity index (χ2n) is 9.03. The minimum atomic E-state index is -3.22. The number of hydrogen-bond acceptors (Lipinski definition) is 5. The van der Waals surface area contributed by atoms with Gasteiger partial charge in [-0.15, -0.1) is 0 Å². The summed E-state index contributed by atoms with van der Waals surface area (Å²) < 4.78 is 34.0. The topological polar surface area (TPSA) is 78.6 Å². The van der Waals surface area contributed by atoms with Crippen molar-refractivity contribution in [1.29, 1.82) is 5.26 Å². The van der Waals surface area contributed by atoms with Crippen molar-refractivity contribution in [2.75, 3.05) is 47.8 Å². The highest BCUT2D eigenvalue weighted by atomic mass is 32.2. The van der Waals surface area contributed by atoms with Crippen LogP contribution in [0.2, 0.25) is 0 Å². The van der Waals surface area contributed by atoms with E-state index in [1.165, 1.54) is 4.31 Å².